The van der Waals surface area contributed by atoms with E-state index >= 15 is 0 Å². The number of hydrogen-bond donors (Lipinski definition) is 1. The third-order valence-corrected chi connectivity index (χ3v) is 4.18. The first-order valence-corrected chi connectivity index (χ1v) is 7.58. The van der Waals surface area contributed by atoms with Crippen LogP contribution < -0.4 is 5.32 Å². The summed E-state index contributed by atoms with van der Waals surface area (Å²) in [5.74, 6) is 0.940. The Morgan fingerprint density at radius 1 is 1.40 bits per heavy atom. The Morgan fingerprint density at radius 3 is 2.80 bits per heavy atom. The van der Waals surface area contributed by atoms with Gasteiger partial charge in [-0.25, -0.2) is 0 Å². The molecule has 2 unspecified atom stereocenters. The fraction of sp³-hybridized carbons (Fsp3) is 0.588. The van der Waals surface area contributed by atoms with Gasteiger partial charge in [-0.2, -0.15) is 0 Å². The van der Waals surface area contributed by atoms with Gasteiger partial charge in [-0.15, -0.1) is 0 Å². The van der Waals surface area contributed by atoms with Gasteiger partial charge in [-0.05, 0) is 37.3 Å². The second-order valence-electron chi connectivity index (χ2n) is 6.34. The zero-order chi connectivity index (χ0) is 14.7. The van der Waals surface area contributed by atoms with E-state index in [2.05, 4.69) is 38.2 Å². The number of fused-ring (bicyclic) bond motifs is 1. The highest BCUT2D eigenvalue weighted by Gasteiger charge is 2.32. The molecule has 1 amide bonds. The van der Waals surface area contributed by atoms with Crippen LogP contribution in [0, 0.1) is 11.8 Å². The van der Waals surface area contributed by atoms with Crippen LogP contribution in [0.1, 0.15) is 32.8 Å². The summed E-state index contributed by atoms with van der Waals surface area (Å²) in [4.78, 5) is 14.5. The van der Waals surface area contributed by atoms with Gasteiger partial charge in [0, 0.05) is 25.3 Å². The van der Waals surface area contributed by atoms with E-state index in [-0.39, 0.29) is 17.9 Å². The molecule has 1 N–H and O–H groups in total. The number of amides is 1. The number of carbonyl (C=O) groups excluding carboxylic acids is 1. The Morgan fingerprint density at radius 2 is 2.10 bits per heavy atom. The summed E-state index contributed by atoms with van der Waals surface area (Å²) < 4.78 is 0. The molecule has 0 aromatic heterocycles. The zero-order valence-electron chi connectivity index (χ0n) is 13.0. The number of para-hydroxylation sites is 1. The molecule has 1 aromatic carbocycles. The van der Waals surface area contributed by atoms with Gasteiger partial charge in [0.05, 0.1) is 5.92 Å². The molecule has 0 fully saturated rings. The van der Waals surface area contributed by atoms with Gasteiger partial charge in [-0.3, -0.25) is 4.79 Å². The number of nitrogens with one attached hydrogen (secondary N) is 1. The third kappa shape index (κ3) is 3.33. The van der Waals surface area contributed by atoms with E-state index in [0.29, 0.717) is 5.92 Å². The standard InChI is InChI=1S/C17H26N2O/c1-12(2)9-10-19(4)17(20)15-11-14-7-5-6-8-16(14)18-13(15)3/h5-8,12-13,15,18H,9-11H2,1-4H3. The summed E-state index contributed by atoms with van der Waals surface area (Å²) in [6.07, 6.45) is 1.91. The third-order valence-electron chi connectivity index (χ3n) is 4.18. The van der Waals surface area contributed by atoms with Crippen LogP contribution in [0.5, 0.6) is 0 Å². The summed E-state index contributed by atoms with van der Waals surface area (Å²) in [6, 6.07) is 8.48. The number of rotatable bonds is 4. The van der Waals surface area contributed by atoms with Crippen molar-refractivity contribution >= 4 is 11.6 Å². The van der Waals surface area contributed by atoms with Crippen molar-refractivity contribution in [1.29, 1.82) is 0 Å². The molecular weight excluding hydrogens is 248 g/mol. The summed E-state index contributed by atoms with van der Waals surface area (Å²) in [6.45, 7) is 7.34. The minimum atomic E-state index is 0.0436. The van der Waals surface area contributed by atoms with Crippen LogP contribution in [-0.4, -0.2) is 30.4 Å². The number of nitrogens with zero attached hydrogens (tertiary/aromatic N) is 1. The van der Waals surface area contributed by atoms with Crippen molar-refractivity contribution in [2.24, 2.45) is 11.8 Å². The molecule has 110 valence electrons. The average molecular weight is 274 g/mol. The smallest absolute Gasteiger partial charge is 0.227 e. The van der Waals surface area contributed by atoms with Crippen LogP contribution in [0.15, 0.2) is 24.3 Å². The van der Waals surface area contributed by atoms with E-state index in [0.717, 1.165) is 19.4 Å². The first-order chi connectivity index (χ1) is 9.49. The van der Waals surface area contributed by atoms with Crippen molar-refractivity contribution in [3.05, 3.63) is 29.8 Å². The lowest BCUT2D eigenvalue weighted by Gasteiger charge is -2.34. The highest BCUT2D eigenvalue weighted by atomic mass is 16.2. The SMILES string of the molecule is CC(C)CCN(C)C(=O)C1Cc2ccccc2NC1C. The molecule has 1 aliphatic rings. The van der Waals surface area contributed by atoms with E-state index in [1.54, 1.807) is 0 Å². The Kier molecular flexibility index (Phi) is 4.69. The van der Waals surface area contributed by atoms with Crippen molar-refractivity contribution < 1.29 is 4.79 Å². The van der Waals surface area contributed by atoms with Crippen LogP contribution in [0.25, 0.3) is 0 Å². The van der Waals surface area contributed by atoms with Crippen LogP contribution in [-0.2, 0) is 11.2 Å². The second-order valence-corrected chi connectivity index (χ2v) is 6.34. The Balaban J connectivity index is 2.04. The Labute approximate surface area is 122 Å². The molecule has 2 atom stereocenters. The average Bonchev–Trinajstić information content (AvgIpc) is 2.43. The van der Waals surface area contributed by atoms with Gasteiger partial charge >= 0.3 is 0 Å². The molecule has 0 radical (unpaired) electrons. The monoisotopic (exact) mass is 274 g/mol. The second kappa shape index (κ2) is 6.29. The van der Waals surface area contributed by atoms with E-state index in [1.165, 1.54) is 11.3 Å². The van der Waals surface area contributed by atoms with E-state index in [4.69, 9.17) is 0 Å². The minimum absolute atomic E-state index is 0.0436. The molecule has 0 bridgehead atoms. The maximum Gasteiger partial charge on any atom is 0.227 e. The normalized spacial score (nSPS) is 21.2. The zero-order valence-corrected chi connectivity index (χ0v) is 13.0. The van der Waals surface area contributed by atoms with Crippen molar-refractivity contribution in [2.75, 3.05) is 18.9 Å². The molecule has 20 heavy (non-hydrogen) atoms. The van der Waals surface area contributed by atoms with Crippen molar-refractivity contribution in [2.45, 2.75) is 39.7 Å². The van der Waals surface area contributed by atoms with Gasteiger partial charge in [0.15, 0.2) is 0 Å². The van der Waals surface area contributed by atoms with Crippen LogP contribution in [0.2, 0.25) is 0 Å². The minimum Gasteiger partial charge on any atom is -0.382 e. The lowest BCUT2D eigenvalue weighted by Crippen LogP contribution is -2.44. The maximum absolute atomic E-state index is 12.6. The molecule has 1 heterocycles. The number of hydrogen-bond acceptors (Lipinski definition) is 2. The van der Waals surface area contributed by atoms with Crippen LogP contribution in [0.3, 0.4) is 0 Å². The number of anilines is 1. The fourth-order valence-electron chi connectivity index (χ4n) is 2.74. The maximum atomic E-state index is 12.6. The van der Waals surface area contributed by atoms with Crippen LogP contribution >= 0.6 is 0 Å². The van der Waals surface area contributed by atoms with Crippen molar-refractivity contribution in [1.82, 2.24) is 4.90 Å². The lowest BCUT2D eigenvalue weighted by molar-refractivity contribution is -0.134. The quantitative estimate of drug-likeness (QED) is 0.914. The first kappa shape index (κ1) is 14.9. The summed E-state index contributed by atoms with van der Waals surface area (Å²) >= 11 is 0. The topological polar surface area (TPSA) is 32.3 Å². The molecule has 0 saturated carbocycles. The molecule has 1 aliphatic heterocycles. The largest absolute Gasteiger partial charge is 0.382 e. The summed E-state index contributed by atoms with van der Waals surface area (Å²) in [5, 5.41) is 3.46. The Bertz CT molecular complexity index is 470. The van der Waals surface area contributed by atoms with Crippen molar-refractivity contribution in [3.8, 4) is 0 Å². The summed E-state index contributed by atoms with van der Waals surface area (Å²) in [7, 11) is 1.93. The molecule has 0 aliphatic carbocycles. The molecule has 3 nitrogen and oxygen atoms in total. The number of benzene rings is 1. The molecule has 1 aromatic rings. The predicted molar refractivity (Wildman–Crippen MR) is 83.8 cm³/mol. The molecular formula is C17H26N2O. The Hall–Kier alpha value is -1.51. The molecule has 3 heteroatoms. The molecule has 0 saturated heterocycles. The lowest BCUT2D eigenvalue weighted by atomic mass is 9.87. The predicted octanol–water partition coefficient (Wildman–Crippen LogP) is 3.16. The summed E-state index contributed by atoms with van der Waals surface area (Å²) in [5.41, 5.74) is 2.43. The number of carbonyl (C=O) groups is 1. The van der Waals surface area contributed by atoms with Gasteiger partial charge in [0.2, 0.25) is 5.91 Å². The van der Waals surface area contributed by atoms with Gasteiger partial charge in [0.25, 0.3) is 0 Å². The van der Waals surface area contributed by atoms with E-state index < -0.39 is 0 Å². The van der Waals surface area contributed by atoms with Gasteiger partial charge in [-0.1, -0.05) is 32.0 Å². The van der Waals surface area contributed by atoms with Gasteiger partial charge < -0.3 is 10.2 Å². The van der Waals surface area contributed by atoms with Crippen molar-refractivity contribution in [3.63, 3.8) is 0 Å². The van der Waals surface area contributed by atoms with E-state index in [1.807, 2.05) is 24.1 Å². The molecule has 0 spiro atoms. The highest BCUT2D eigenvalue weighted by Crippen LogP contribution is 2.29. The van der Waals surface area contributed by atoms with Crippen LogP contribution in [0.4, 0.5) is 5.69 Å². The highest BCUT2D eigenvalue weighted by molar-refractivity contribution is 5.81. The van der Waals surface area contributed by atoms with Gasteiger partial charge in [0.1, 0.15) is 0 Å². The first-order valence-electron chi connectivity index (χ1n) is 7.58. The molecule has 2 rings (SSSR count). The fourth-order valence-corrected chi connectivity index (χ4v) is 2.74. The van der Waals surface area contributed by atoms with E-state index in [9.17, 15) is 4.79 Å².